The van der Waals surface area contributed by atoms with Crippen LogP contribution >= 0.6 is 11.3 Å². The van der Waals surface area contributed by atoms with Gasteiger partial charge in [0, 0.05) is 27.8 Å². The average Bonchev–Trinajstić information content (AvgIpc) is 2.80. The molecule has 1 aliphatic carbocycles. The number of nitriles is 1. The number of aromatic nitrogens is 1. The smallest absolute Gasteiger partial charge is 0.132 e. The molecule has 0 atom stereocenters. The van der Waals surface area contributed by atoms with Crippen LogP contribution in [0.2, 0.25) is 0 Å². The molecular formula is C12H11N3OS. The van der Waals surface area contributed by atoms with Gasteiger partial charge in [0.05, 0.1) is 11.3 Å². The summed E-state index contributed by atoms with van der Waals surface area (Å²) in [5, 5.41) is 13.8. The largest absolute Gasteiger partial charge is 0.389 e. The molecule has 17 heavy (non-hydrogen) atoms. The monoisotopic (exact) mass is 245 g/mol. The van der Waals surface area contributed by atoms with Crippen LogP contribution in [-0.2, 0) is 11.8 Å². The first-order chi connectivity index (χ1) is 8.04. The van der Waals surface area contributed by atoms with Crippen LogP contribution in [0, 0.1) is 11.3 Å². The van der Waals surface area contributed by atoms with E-state index < -0.39 is 0 Å². The highest BCUT2D eigenvalue weighted by Gasteiger charge is 2.37. The van der Waals surface area contributed by atoms with Gasteiger partial charge in [-0.25, -0.2) is 0 Å². The second-order valence-electron chi connectivity index (χ2n) is 4.89. The van der Waals surface area contributed by atoms with E-state index in [0.29, 0.717) is 10.6 Å². The van der Waals surface area contributed by atoms with E-state index in [4.69, 9.17) is 10.3 Å². The predicted octanol–water partition coefficient (Wildman–Crippen LogP) is 2.69. The molecule has 0 aromatic carbocycles. The van der Waals surface area contributed by atoms with Gasteiger partial charge in [0.2, 0.25) is 0 Å². The Morgan fingerprint density at radius 1 is 1.59 bits per heavy atom. The Hall–Kier alpha value is -1.80. The van der Waals surface area contributed by atoms with E-state index in [0.717, 1.165) is 28.1 Å². The van der Waals surface area contributed by atoms with E-state index in [9.17, 15) is 5.26 Å². The number of fused-ring (bicyclic) bond motifs is 3. The Morgan fingerprint density at radius 2 is 2.35 bits per heavy atom. The van der Waals surface area contributed by atoms with E-state index >= 15 is 0 Å². The van der Waals surface area contributed by atoms with Crippen LogP contribution < -0.4 is 5.73 Å². The fourth-order valence-corrected chi connectivity index (χ4v) is 3.51. The number of nitrogens with two attached hydrogens (primary N) is 1. The molecule has 0 aliphatic heterocycles. The fourth-order valence-electron chi connectivity index (χ4n) is 2.38. The van der Waals surface area contributed by atoms with Gasteiger partial charge in [0.15, 0.2) is 0 Å². The number of anilines is 1. The number of rotatable bonds is 0. The summed E-state index contributed by atoms with van der Waals surface area (Å²) in [7, 11) is 0. The molecule has 0 saturated heterocycles. The lowest BCUT2D eigenvalue weighted by molar-refractivity contribution is 0.402. The van der Waals surface area contributed by atoms with Crippen molar-refractivity contribution in [3.8, 4) is 17.2 Å². The third-order valence-corrected chi connectivity index (χ3v) is 4.57. The Kier molecular flexibility index (Phi) is 1.90. The van der Waals surface area contributed by atoms with Crippen molar-refractivity contribution in [1.29, 1.82) is 5.26 Å². The van der Waals surface area contributed by atoms with Crippen LogP contribution in [0.5, 0.6) is 0 Å². The highest BCUT2D eigenvalue weighted by molar-refractivity contribution is 7.17. The second kappa shape index (κ2) is 3.11. The number of thiophene rings is 1. The van der Waals surface area contributed by atoms with E-state index in [1.165, 1.54) is 11.3 Å². The van der Waals surface area contributed by atoms with E-state index in [1.807, 2.05) is 0 Å². The van der Waals surface area contributed by atoms with Crippen molar-refractivity contribution < 1.29 is 4.52 Å². The van der Waals surface area contributed by atoms with Gasteiger partial charge in [-0.2, -0.15) is 5.26 Å². The zero-order chi connectivity index (χ0) is 12.2. The average molecular weight is 245 g/mol. The zero-order valence-electron chi connectivity index (χ0n) is 9.57. The first-order valence-corrected chi connectivity index (χ1v) is 6.12. The molecule has 4 nitrogen and oxygen atoms in total. The Bertz CT molecular complexity index is 645. The number of hydrogen-bond donors (Lipinski definition) is 1. The SMILES string of the molecule is CC1(C)Cc2nocc2-c2c1sc(N)c2C#N. The molecule has 0 bridgehead atoms. The Morgan fingerprint density at radius 3 is 3.06 bits per heavy atom. The minimum Gasteiger partial charge on any atom is -0.389 e. The number of hydrogen-bond acceptors (Lipinski definition) is 5. The molecule has 0 fully saturated rings. The molecule has 5 heteroatoms. The molecule has 2 N–H and O–H groups in total. The normalized spacial score (nSPS) is 16.1. The van der Waals surface area contributed by atoms with E-state index in [-0.39, 0.29) is 5.41 Å². The van der Waals surface area contributed by atoms with Crippen molar-refractivity contribution in [3.63, 3.8) is 0 Å². The minimum absolute atomic E-state index is 0.0485. The van der Waals surface area contributed by atoms with Crippen LogP contribution in [0.15, 0.2) is 10.8 Å². The predicted molar refractivity (Wildman–Crippen MR) is 65.7 cm³/mol. The molecule has 2 aromatic heterocycles. The Balaban J connectivity index is 2.41. The molecule has 0 unspecified atom stereocenters. The van der Waals surface area contributed by atoms with Crippen molar-refractivity contribution in [2.75, 3.05) is 5.73 Å². The lowest BCUT2D eigenvalue weighted by atomic mass is 9.77. The van der Waals surface area contributed by atoms with Crippen LogP contribution in [0.4, 0.5) is 5.00 Å². The van der Waals surface area contributed by atoms with Crippen molar-refractivity contribution >= 4 is 16.3 Å². The van der Waals surface area contributed by atoms with Gasteiger partial charge < -0.3 is 10.3 Å². The van der Waals surface area contributed by atoms with Crippen molar-refractivity contribution in [1.82, 2.24) is 5.16 Å². The van der Waals surface area contributed by atoms with Crippen LogP contribution in [-0.4, -0.2) is 5.16 Å². The van der Waals surface area contributed by atoms with Crippen LogP contribution in [0.3, 0.4) is 0 Å². The standard InChI is InChI=1S/C12H11N3OS/c1-12(2)3-8-7(5-16-15-8)9-6(4-13)11(14)17-10(9)12/h5H,3,14H2,1-2H3. The number of nitrogens with zero attached hydrogens (tertiary/aromatic N) is 2. The maximum Gasteiger partial charge on any atom is 0.132 e. The third-order valence-electron chi connectivity index (χ3n) is 3.19. The van der Waals surface area contributed by atoms with Gasteiger partial charge in [-0.05, 0) is 0 Å². The fraction of sp³-hybridized carbons (Fsp3) is 0.333. The Labute approximate surface area is 103 Å². The summed E-state index contributed by atoms with van der Waals surface area (Å²) in [6, 6.07) is 2.19. The number of nitrogen functional groups attached to an aromatic ring is 1. The summed E-state index contributed by atoms with van der Waals surface area (Å²) in [6.45, 7) is 4.28. The van der Waals surface area contributed by atoms with Crippen molar-refractivity contribution in [3.05, 3.63) is 22.4 Å². The van der Waals surface area contributed by atoms with Crippen molar-refractivity contribution in [2.45, 2.75) is 25.7 Å². The van der Waals surface area contributed by atoms with Crippen LogP contribution in [0.25, 0.3) is 11.1 Å². The highest BCUT2D eigenvalue weighted by atomic mass is 32.1. The molecule has 0 amide bonds. The third kappa shape index (κ3) is 1.25. The maximum absolute atomic E-state index is 9.22. The summed E-state index contributed by atoms with van der Waals surface area (Å²) >= 11 is 1.50. The van der Waals surface area contributed by atoms with E-state index in [1.54, 1.807) is 6.26 Å². The quantitative estimate of drug-likeness (QED) is 0.774. The van der Waals surface area contributed by atoms with Gasteiger partial charge >= 0.3 is 0 Å². The lowest BCUT2D eigenvalue weighted by Crippen LogP contribution is -2.23. The summed E-state index contributed by atoms with van der Waals surface area (Å²) in [5.74, 6) is 0. The lowest BCUT2D eigenvalue weighted by Gasteiger charge is -2.28. The highest BCUT2D eigenvalue weighted by Crippen LogP contribution is 2.50. The molecule has 0 spiro atoms. The minimum atomic E-state index is -0.0485. The molecule has 2 heterocycles. The second-order valence-corrected chi connectivity index (χ2v) is 5.95. The molecule has 2 aromatic rings. The van der Waals surface area contributed by atoms with Gasteiger partial charge in [-0.3, -0.25) is 0 Å². The van der Waals surface area contributed by atoms with Gasteiger partial charge in [0.25, 0.3) is 0 Å². The molecule has 86 valence electrons. The van der Waals surface area contributed by atoms with Gasteiger partial charge in [-0.15, -0.1) is 11.3 Å². The summed E-state index contributed by atoms with van der Waals surface area (Å²) in [4.78, 5) is 1.15. The van der Waals surface area contributed by atoms with Crippen molar-refractivity contribution in [2.24, 2.45) is 0 Å². The molecule has 0 radical (unpaired) electrons. The van der Waals surface area contributed by atoms with Crippen LogP contribution in [0.1, 0.15) is 30.0 Å². The van der Waals surface area contributed by atoms with Gasteiger partial charge in [0.1, 0.15) is 17.3 Å². The maximum atomic E-state index is 9.22. The van der Waals surface area contributed by atoms with E-state index in [2.05, 4.69) is 25.1 Å². The summed E-state index contributed by atoms with van der Waals surface area (Å²) in [6.07, 6.45) is 2.42. The topological polar surface area (TPSA) is 75.8 Å². The molecule has 0 saturated carbocycles. The van der Waals surface area contributed by atoms with Gasteiger partial charge in [-0.1, -0.05) is 19.0 Å². The summed E-state index contributed by atoms with van der Waals surface area (Å²) < 4.78 is 5.03. The molecule has 3 rings (SSSR count). The zero-order valence-corrected chi connectivity index (χ0v) is 10.4. The molecule has 1 aliphatic rings. The molecular weight excluding hydrogens is 234 g/mol. The first-order valence-electron chi connectivity index (χ1n) is 5.31. The first kappa shape index (κ1) is 10.4. The summed E-state index contributed by atoms with van der Waals surface area (Å²) in [5.41, 5.74) is 9.19.